The quantitative estimate of drug-likeness (QED) is 0.603. The van der Waals surface area contributed by atoms with Crippen LogP contribution >= 0.6 is 0 Å². The maximum atomic E-state index is 13.6. The van der Waals surface area contributed by atoms with E-state index in [9.17, 15) is 14.3 Å². The number of amides is 2. The van der Waals surface area contributed by atoms with Crippen LogP contribution in [-0.2, 0) is 6.54 Å². The van der Waals surface area contributed by atoms with Gasteiger partial charge in [-0.3, -0.25) is 0 Å². The van der Waals surface area contributed by atoms with Crippen LogP contribution in [0.3, 0.4) is 0 Å². The van der Waals surface area contributed by atoms with Gasteiger partial charge in [0.2, 0.25) is 0 Å². The summed E-state index contributed by atoms with van der Waals surface area (Å²) in [5, 5.41) is 15.2. The second-order valence-electron chi connectivity index (χ2n) is 6.25. The van der Waals surface area contributed by atoms with Gasteiger partial charge in [-0.1, -0.05) is 48.5 Å². The summed E-state index contributed by atoms with van der Waals surface area (Å²) in [5.74, 6) is -0.483. The predicted octanol–water partition coefficient (Wildman–Crippen LogP) is 2.68. The molecule has 140 valence electrons. The van der Waals surface area contributed by atoms with E-state index in [0.717, 1.165) is 19.5 Å². The average molecular weight is 359 g/mol. The lowest BCUT2D eigenvalue weighted by atomic mass is 10.1. The molecule has 0 aromatic heterocycles. The third kappa shape index (κ3) is 6.82. The Kier molecular flexibility index (Phi) is 8.05. The van der Waals surface area contributed by atoms with Gasteiger partial charge in [-0.05, 0) is 31.6 Å². The number of aliphatic hydroxyl groups is 1. The van der Waals surface area contributed by atoms with E-state index in [2.05, 4.69) is 27.7 Å². The van der Waals surface area contributed by atoms with Gasteiger partial charge in [0.1, 0.15) is 5.82 Å². The van der Waals surface area contributed by atoms with Crippen molar-refractivity contribution in [2.75, 3.05) is 26.7 Å². The second kappa shape index (κ2) is 10.5. The molecular formula is C20H26FN3O2. The maximum Gasteiger partial charge on any atom is 0.314 e. The summed E-state index contributed by atoms with van der Waals surface area (Å²) < 4.78 is 13.6. The van der Waals surface area contributed by atoms with Gasteiger partial charge in [-0.15, -0.1) is 0 Å². The van der Waals surface area contributed by atoms with E-state index in [0.29, 0.717) is 6.54 Å². The van der Waals surface area contributed by atoms with Crippen LogP contribution in [0.2, 0.25) is 0 Å². The van der Waals surface area contributed by atoms with Crippen molar-refractivity contribution < 1.29 is 14.3 Å². The fraction of sp³-hybridized carbons (Fsp3) is 0.350. The molecule has 2 amide bonds. The van der Waals surface area contributed by atoms with Crippen LogP contribution in [0, 0.1) is 5.82 Å². The molecule has 0 spiro atoms. The smallest absolute Gasteiger partial charge is 0.314 e. The lowest BCUT2D eigenvalue weighted by molar-refractivity contribution is 0.169. The molecule has 2 aromatic rings. The summed E-state index contributed by atoms with van der Waals surface area (Å²) in [5.41, 5.74) is 1.43. The van der Waals surface area contributed by atoms with E-state index in [1.165, 1.54) is 17.7 Å². The van der Waals surface area contributed by atoms with Crippen LogP contribution in [0.1, 0.15) is 23.7 Å². The Labute approximate surface area is 153 Å². The maximum absolute atomic E-state index is 13.6. The fourth-order valence-corrected chi connectivity index (χ4v) is 2.63. The van der Waals surface area contributed by atoms with Crippen molar-refractivity contribution in [3.05, 3.63) is 71.5 Å². The van der Waals surface area contributed by atoms with E-state index in [1.54, 1.807) is 12.1 Å². The normalized spacial score (nSPS) is 12.0. The van der Waals surface area contributed by atoms with Gasteiger partial charge in [0.05, 0.1) is 6.10 Å². The number of aliphatic hydroxyl groups excluding tert-OH is 1. The third-order valence-corrected chi connectivity index (χ3v) is 4.02. The van der Waals surface area contributed by atoms with Crippen LogP contribution in [0.15, 0.2) is 54.6 Å². The lowest BCUT2D eigenvalue weighted by Gasteiger charge is -2.17. The van der Waals surface area contributed by atoms with Crippen LogP contribution < -0.4 is 10.6 Å². The zero-order valence-electron chi connectivity index (χ0n) is 15.0. The second-order valence-corrected chi connectivity index (χ2v) is 6.25. The van der Waals surface area contributed by atoms with Gasteiger partial charge in [-0.25, -0.2) is 9.18 Å². The topological polar surface area (TPSA) is 64.6 Å². The number of carbonyl (C=O) groups is 1. The first-order chi connectivity index (χ1) is 12.6. The van der Waals surface area contributed by atoms with Crippen molar-refractivity contribution in [1.29, 1.82) is 0 Å². The molecule has 0 radical (unpaired) electrons. The summed E-state index contributed by atoms with van der Waals surface area (Å²) in [6.45, 7) is 2.20. The first-order valence-corrected chi connectivity index (χ1v) is 8.73. The molecule has 5 nitrogen and oxygen atoms in total. The number of halogens is 1. The van der Waals surface area contributed by atoms with Gasteiger partial charge < -0.3 is 20.6 Å². The SMILES string of the molecule is CN(CCCNC(=O)NCC(O)c1ccccc1F)Cc1ccccc1. The molecule has 0 aliphatic rings. The number of benzene rings is 2. The molecule has 0 aliphatic heterocycles. The lowest BCUT2D eigenvalue weighted by Crippen LogP contribution is -2.39. The highest BCUT2D eigenvalue weighted by atomic mass is 19.1. The summed E-state index contributed by atoms with van der Waals surface area (Å²) in [7, 11) is 2.04. The summed E-state index contributed by atoms with van der Waals surface area (Å²) in [4.78, 5) is 14.0. The van der Waals surface area contributed by atoms with Crippen LogP contribution in [-0.4, -0.2) is 42.7 Å². The molecule has 2 aromatic carbocycles. The minimum Gasteiger partial charge on any atom is -0.386 e. The van der Waals surface area contributed by atoms with Crippen LogP contribution in [0.25, 0.3) is 0 Å². The monoisotopic (exact) mass is 359 g/mol. The molecule has 3 N–H and O–H groups in total. The molecule has 6 heteroatoms. The van der Waals surface area contributed by atoms with Crippen molar-refractivity contribution in [2.24, 2.45) is 0 Å². The van der Waals surface area contributed by atoms with Crippen molar-refractivity contribution in [1.82, 2.24) is 15.5 Å². The van der Waals surface area contributed by atoms with Crippen molar-refractivity contribution in [3.63, 3.8) is 0 Å². The van der Waals surface area contributed by atoms with Gasteiger partial charge >= 0.3 is 6.03 Å². The molecule has 0 aliphatic carbocycles. The first-order valence-electron chi connectivity index (χ1n) is 8.73. The molecule has 0 saturated carbocycles. The van der Waals surface area contributed by atoms with Gasteiger partial charge in [0, 0.05) is 25.2 Å². The standard InChI is InChI=1S/C20H26FN3O2/c1-24(15-16-8-3-2-4-9-16)13-7-12-22-20(26)23-14-19(25)17-10-5-6-11-18(17)21/h2-6,8-11,19,25H,7,12-15H2,1H3,(H2,22,23,26). The predicted molar refractivity (Wildman–Crippen MR) is 100 cm³/mol. The number of carbonyl (C=O) groups excluding carboxylic acids is 1. The zero-order valence-corrected chi connectivity index (χ0v) is 15.0. The Morgan fingerprint density at radius 1 is 1.12 bits per heavy atom. The Balaban J connectivity index is 1.59. The number of hydrogen-bond acceptors (Lipinski definition) is 3. The highest BCUT2D eigenvalue weighted by Crippen LogP contribution is 2.15. The third-order valence-electron chi connectivity index (χ3n) is 4.02. The molecule has 1 unspecified atom stereocenters. The highest BCUT2D eigenvalue weighted by molar-refractivity contribution is 5.73. The Morgan fingerprint density at radius 3 is 2.54 bits per heavy atom. The van der Waals surface area contributed by atoms with E-state index in [-0.39, 0.29) is 18.1 Å². The largest absolute Gasteiger partial charge is 0.386 e. The summed E-state index contributed by atoms with van der Waals surface area (Å²) in [6.07, 6.45) is -0.258. The molecule has 2 rings (SSSR count). The van der Waals surface area contributed by atoms with E-state index in [4.69, 9.17) is 0 Å². The Morgan fingerprint density at radius 2 is 1.81 bits per heavy atom. The Bertz CT molecular complexity index is 682. The molecule has 26 heavy (non-hydrogen) atoms. The van der Waals surface area contributed by atoms with Gasteiger partial charge in [0.15, 0.2) is 0 Å². The number of nitrogens with zero attached hydrogens (tertiary/aromatic N) is 1. The molecule has 1 atom stereocenters. The van der Waals surface area contributed by atoms with Gasteiger partial charge in [0.25, 0.3) is 0 Å². The molecule has 0 bridgehead atoms. The number of rotatable bonds is 9. The Hall–Kier alpha value is -2.44. The molecular weight excluding hydrogens is 333 g/mol. The fourth-order valence-electron chi connectivity index (χ4n) is 2.63. The first kappa shape index (κ1) is 19.9. The van der Waals surface area contributed by atoms with E-state index >= 15 is 0 Å². The van der Waals surface area contributed by atoms with Crippen LogP contribution in [0.4, 0.5) is 9.18 Å². The zero-order chi connectivity index (χ0) is 18.8. The van der Waals surface area contributed by atoms with Crippen molar-refractivity contribution >= 4 is 6.03 Å². The molecule has 0 heterocycles. The van der Waals surface area contributed by atoms with Gasteiger partial charge in [-0.2, -0.15) is 0 Å². The molecule has 0 fully saturated rings. The van der Waals surface area contributed by atoms with E-state index < -0.39 is 11.9 Å². The number of urea groups is 1. The van der Waals surface area contributed by atoms with Crippen molar-refractivity contribution in [2.45, 2.75) is 19.1 Å². The minimum absolute atomic E-state index is 0.0410. The number of nitrogens with one attached hydrogen (secondary N) is 2. The summed E-state index contributed by atoms with van der Waals surface area (Å²) >= 11 is 0. The minimum atomic E-state index is -1.07. The van der Waals surface area contributed by atoms with Crippen molar-refractivity contribution in [3.8, 4) is 0 Å². The highest BCUT2D eigenvalue weighted by Gasteiger charge is 2.13. The van der Waals surface area contributed by atoms with Crippen LogP contribution in [0.5, 0.6) is 0 Å². The van der Waals surface area contributed by atoms with E-state index in [1.807, 2.05) is 25.2 Å². The summed E-state index contributed by atoms with van der Waals surface area (Å²) in [6, 6.07) is 15.8. The number of hydrogen-bond donors (Lipinski definition) is 3. The molecule has 0 saturated heterocycles. The average Bonchev–Trinajstić information content (AvgIpc) is 2.64.